The molecule has 0 aliphatic heterocycles. The Balaban J connectivity index is 2.94. The second-order valence-electron chi connectivity index (χ2n) is 2.60. The largest absolute Gasteiger partial charge is 0.325 e. The van der Waals surface area contributed by atoms with E-state index in [2.05, 4.69) is 4.98 Å². The summed E-state index contributed by atoms with van der Waals surface area (Å²) < 4.78 is 23.3. The molecule has 74 valence electrons. The van der Waals surface area contributed by atoms with Crippen molar-refractivity contribution in [2.24, 2.45) is 5.73 Å². The minimum Gasteiger partial charge on any atom is -0.325 e. The van der Waals surface area contributed by atoms with Crippen LogP contribution in [0, 0.1) is 0 Å². The SMILES string of the molecule is CCCS(=O)(=O)c1cnc(CN)s1. The first-order valence-corrected chi connectivity index (χ1v) is 6.44. The van der Waals surface area contributed by atoms with Crippen molar-refractivity contribution in [3.05, 3.63) is 11.2 Å². The molecule has 0 unspecified atom stereocenters. The second kappa shape index (κ2) is 4.17. The van der Waals surface area contributed by atoms with E-state index >= 15 is 0 Å². The molecule has 4 nitrogen and oxygen atoms in total. The maximum absolute atomic E-state index is 11.5. The van der Waals surface area contributed by atoms with Gasteiger partial charge in [-0.25, -0.2) is 13.4 Å². The summed E-state index contributed by atoms with van der Waals surface area (Å²) in [4.78, 5) is 3.90. The molecule has 0 atom stereocenters. The molecule has 0 radical (unpaired) electrons. The van der Waals surface area contributed by atoms with Gasteiger partial charge in [0.05, 0.1) is 11.9 Å². The Morgan fingerprint density at radius 1 is 1.62 bits per heavy atom. The lowest BCUT2D eigenvalue weighted by Crippen LogP contribution is -2.03. The molecule has 0 aliphatic carbocycles. The molecule has 0 amide bonds. The minimum absolute atomic E-state index is 0.180. The van der Waals surface area contributed by atoms with Crippen LogP contribution >= 0.6 is 11.3 Å². The zero-order valence-electron chi connectivity index (χ0n) is 7.36. The molecule has 1 rings (SSSR count). The van der Waals surface area contributed by atoms with Crippen LogP contribution in [0.4, 0.5) is 0 Å². The number of hydrogen-bond donors (Lipinski definition) is 1. The van der Waals surface area contributed by atoms with E-state index in [1.165, 1.54) is 6.20 Å². The van der Waals surface area contributed by atoms with Gasteiger partial charge in [-0.15, -0.1) is 11.3 Å². The quantitative estimate of drug-likeness (QED) is 0.814. The van der Waals surface area contributed by atoms with E-state index in [0.29, 0.717) is 22.2 Å². The number of sulfone groups is 1. The van der Waals surface area contributed by atoms with Gasteiger partial charge in [0.25, 0.3) is 0 Å². The van der Waals surface area contributed by atoms with E-state index in [1.807, 2.05) is 6.92 Å². The van der Waals surface area contributed by atoms with Gasteiger partial charge in [0.1, 0.15) is 9.22 Å². The van der Waals surface area contributed by atoms with Gasteiger partial charge >= 0.3 is 0 Å². The van der Waals surface area contributed by atoms with E-state index in [-0.39, 0.29) is 5.75 Å². The monoisotopic (exact) mass is 220 g/mol. The molecule has 13 heavy (non-hydrogen) atoms. The van der Waals surface area contributed by atoms with Crippen molar-refractivity contribution in [3.63, 3.8) is 0 Å². The summed E-state index contributed by atoms with van der Waals surface area (Å²) in [6, 6.07) is 0. The average Bonchev–Trinajstić information content (AvgIpc) is 2.52. The van der Waals surface area contributed by atoms with Gasteiger partial charge in [0.15, 0.2) is 9.84 Å². The van der Waals surface area contributed by atoms with Gasteiger partial charge in [-0.1, -0.05) is 6.92 Å². The zero-order chi connectivity index (χ0) is 9.90. The standard InChI is InChI=1S/C7H12N2O2S2/c1-2-3-13(10,11)7-5-9-6(4-8)12-7/h5H,2-4,8H2,1H3. The molecule has 1 heterocycles. The summed E-state index contributed by atoms with van der Waals surface area (Å²) in [6.07, 6.45) is 2.01. The Hall–Kier alpha value is -0.460. The van der Waals surface area contributed by atoms with Crippen LogP contribution < -0.4 is 5.73 Å². The van der Waals surface area contributed by atoms with Crippen LogP contribution in [0.15, 0.2) is 10.4 Å². The summed E-state index contributed by atoms with van der Waals surface area (Å²) in [5.41, 5.74) is 5.33. The molecule has 0 saturated carbocycles. The van der Waals surface area contributed by atoms with Gasteiger partial charge in [0.2, 0.25) is 0 Å². The lowest BCUT2D eigenvalue weighted by molar-refractivity contribution is 0.596. The highest BCUT2D eigenvalue weighted by molar-refractivity contribution is 7.93. The molecule has 1 aromatic heterocycles. The first-order chi connectivity index (χ1) is 6.10. The van der Waals surface area contributed by atoms with E-state index in [0.717, 1.165) is 11.3 Å². The summed E-state index contributed by atoms with van der Waals surface area (Å²) >= 11 is 1.16. The second-order valence-corrected chi connectivity index (χ2v) is 6.05. The van der Waals surface area contributed by atoms with E-state index in [1.54, 1.807) is 0 Å². The molecule has 0 spiro atoms. The third-order valence-electron chi connectivity index (χ3n) is 1.49. The van der Waals surface area contributed by atoms with Crippen molar-refractivity contribution in [1.29, 1.82) is 0 Å². The molecular weight excluding hydrogens is 208 g/mol. The summed E-state index contributed by atoms with van der Waals surface area (Å²) in [7, 11) is -3.10. The van der Waals surface area contributed by atoms with Crippen molar-refractivity contribution in [1.82, 2.24) is 4.98 Å². The van der Waals surface area contributed by atoms with Crippen LogP contribution in [0.25, 0.3) is 0 Å². The minimum atomic E-state index is -3.10. The highest BCUT2D eigenvalue weighted by Crippen LogP contribution is 2.19. The predicted molar refractivity (Wildman–Crippen MR) is 52.3 cm³/mol. The Morgan fingerprint density at radius 3 is 2.77 bits per heavy atom. The molecule has 6 heteroatoms. The first kappa shape index (κ1) is 10.6. The van der Waals surface area contributed by atoms with Crippen molar-refractivity contribution in [2.45, 2.75) is 24.1 Å². The Morgan fingerprint density at radius 2 is 2.31 bits per heavy atom. The topological polar surface area (TPSA) is 73.0 Å². The van der Waals surface area contributed by atoms with Crippen molar-refractivity contribution < 1.29 is 8.42 Å². The molecule has 1 aromatic rings. The van der Waals surface area contributed by atoms with Crippen LogP contribution in [0.5, 0.6) is 0 Å². The summed E-state index contributed by atoms with van der Waals surface area (Å²) in [6.45, 7) is 2.13. The lowest BCUT2D eigenvalue weighted by Gasteiger charge is -1.95. The Kier molecular flexibility index (Phi) is 3.40. The van der Waals surface area contributed by atoms with Gasteiger partial charge in [-0.3, -0.25) is 0 Å². The molecule has 0 bridgehead atoms. The van der Waals surface area contributed by atoms with Gasteiger partial charge in [0, 0.05) is 6.54 Å². The summed E-state index contributed by atoms with van der Waals surface area (Å²) in [5, 5.41) is 0.662. The normalized spacial score (nSPS) is 11.8. The maximum Gasteiger partial charge on any atom is 0.189 e. The number of nitrogens with zero attached hydrogens (tertiary/aromatic N) is 1. The Labute approximate surface area is 81.7 Å². The van der Waals surface area contributed by atoms with Crippen LogP contribution in [0.1, 0.15) is 18.4 Å². The molecular formula is C7H12N2O2S2. The van der Waals surface area contributed by atoms with Crippen molar-refractivity contribution in [2.75, 3.05) is 5.75 Å². The van der Waals surface area contributed by atoms with Crippen molar-refractivity contribution in [3.8, 4) is 0 Å². The number of thiazole rings is 1. The molecule has 0 aromatic carbocycles. The predicted octanol–water partition coefficient (Wildman–Crippen LogP) is 0.786. The van der Waals surface area contributed by atoms with Crippen LogP contribution in [0.2, 0.25) is 0 Å². The van der Waals surface area contributed by atoms with E-state index in [9.17, 15) is 8.42 Å². The molecule has 0 fully saturated rings. The highest BCUT2D eigenvalue weighted by atomic mass is 32.2. The third kappa shape index (κ3) is 2.49. The van der Waals surface area contributed by atoms with Gasteiger partial charge < -0.3 is 5.73 Å². The average molecular weight is 220 g/mol. The van der Waals surface area contributed by atoms with Gasteiger partial charge in [-0.05, 0) is 6.42 Å². The maximum atomic E-state index is 11.5. The lowest BCUT2D eigenvalue weighted by atomic mass is 10.6. The molecule has 2 N–H and O–H groups in total. The fraction of sp³-hybridized carbons (Fsp3) is 0.571. The number of aromatic nitrogens is 1. The third-order valence-corrected chi connectivity index (χ3v) is 4.98. The first-order valence-electron chi connectivity index (χ1n) is 3.97. The number of rotatable bonds is 4. The smallest absolute Gasteiger partial charge is 0.189 e. The highest BCUT2D eigenvalue weighted by Gasteiger charge is 2.16. The fourth-order valence-electron chi connectivity index (χ4n) is 0.901. The Bertz CT molecular complexity index is 370. The van der Waals surface area contributed by atoms with E-state index in [4.69, 9.17) is 5.73 Å². The molecule has 0 aliphatic rings. The number of hydrogen-bond acceptors (Lipinski definition) is 5. The molecule has 0 saturated heterocycles. The van der Waals surface area contributed by atoms with E-state index < -0.39 is 9.84 Å². The van der Waals surface area contributed by atoms with Gasteiger partial charge in [-0.2, -0.15) is 0 Å². The van der Waals surface area contributed by atoms with Crippen LogP contribution in [-0.2, 0) is 16.4 Å². The van der Waals surface area contributed by atoms with Crippen LogP contribution in [-0.4, -0.2) is 19.2 Å². The van der Waals surface area contributed by atoms with Crippen LogP contribution in [0.3, 0.4) is 0 Å². The number of nitrogens with two attached hydrogens (primary N) is 1. The fourth-order valence-corrected chi connectivity index (χ4v) is 3.43. The van der Waals surface area contributed by atoms with Crippen molar-refractivity contribution >= 4 is 21.2 Å². The zero-order valence-corrected chi connectivity index (χ0v) is 8.99. The summed E-state index contributed by atoms with van der Waals surface area (Å²) in [5.74, 6) is 0.180.